The lowest BCUT2D eigenvalue weighted by atomic mass is 10.1. The van der Waals surface area contributed by atoms with Gasteiger partial charge in [0.2, 0.25) is 5.91 Å². The van der Waals surface area contributed by atoms with Gasteiger partial charge in [-0.25, -0.2) is 4.98 Å². The van der Waals surface area contributed by atoms with Crippen LogP contribution in [0.3, 0.4) is 0 Å². The number of amides is 2. The number of nitrogens with one attached hydrogen (secondary N) is 1. The molecule has 1 aliphatic rings. The van der Waals surface area contributed by atoms with Gasteiger partial charge in [0.05, 0.1) is 17.5 Å². The zero-order valence-electron chi connectivity index (χ0n) is 16.0. The van der Waals surface area contributed by atoms with Crippen LogP contribution in [0.5, 0.6) is 5.75 Å². The molecule has 142 valence electrons. The van der Waals surface area contributed by atoms with E-state index >= 15 is 0 Å². The molecule has 3 aromatic rings. The summed E-state index contributed by atoms with van der Waals surface area (Å²) in [4.78, 5) is 40.1. The Morgan fingerprint density at radius 2 is 1.93 bits per heavy atom. The number of rotatable bonds is 5. The smallest absolute Gasteiger partial charge is 0.286 e. The number of aromatic nitrogens is 2. The van der Waals surface area contributed by atoms with E-state index in [1.54, 1.807) is 49.5 Å². The Labute approximate surface area is 166 Å². The number of nitrogens with zero attached hydrogens (tertiary/aromatic N) is 2. The van der Waals surface area contributed by atoms with Crippen molar-refractivity contribution in [2.75, 3.05) is 0 Å². The third-order valence-electron chi connectivity index (χ3n) is 4.42. The van der Waals surface area contributed by atoms with Gasteiger partial charge in [0, 0.05) is 7.05 Å². The van der Waals surface area contributed by atoms with Gasteiger partial charge in [-0.3, -0.25) is 24.3 Å². The van der Waals surface area contributed by atoms with Crippen molar-refractivity contribution in [3.63, 3.8) is 0 Å². The summed E-state index contributed by atoms with van der Waals surface area (Å²) in [5.74, 6) is 0.464. The minimum atomic E-state index is -1.55. The van der Waals surface area contributed by atoms with Crippen molar-refractivity contribution >= 4 is 33.8 Å². The fourth-order valence-corrected chi connectivity index (χ4v) is 3.64. The molecule has 7 nitrogen and oxygen atoms in total. The Morgan fingerprint density at radius 3 is 2.64 bits per heavy atom. The molecule has 1 N–H and O–H groups in total. The molecule has 0 aliphatic carbocycles. The molecule has 0 spiro atoms. The summed E-state index contributed by atoms with van der Waals surface area (Å²) in [6.07, 6.45) is 0.107. The summed E-state index contributed by atoms with van der Waals surface area (Å²) in [5, 5.41) is 0.643. The molecule has 28 heavy (non-hydrogen) atoms. The van der Waals surface area contributed by atoms with Crippen molar-refractivity contribution in [1.82, 2.24) is 14.9 Å². The molecular formula is C20H17N3O4S. The summed E-state index contributed by atoms with van der Waals surface area (Å²) in [5.41, 5.74) is 1.22. The average molecular weight is 396 g/mol. The first-order valence-corrected chi connectivity index (χ1v) is 9.38. The Kier molecular flexibility index (Phi) is 4.54. The predicted octanol–water partition coefficient (Wildman–Crippen LogP) is 2.41. The number of carbonyl (C=O) groups is 2. The quantitative estimate of drug-likeness (QED) is 0.712. The van der Waals surface area contributed by atoms with Crippen molar-refractivity contribution in [1.29, 1.82) is 0 Å². The lowest BCUT2D eigenvalue weighted by Gasteiger charge is -2.11. The summed E-state index contributed by atoms with van der Waals surface area (Å²) < 4.78 is 15.4. The molecular weight excluding hydrogens is 378 g/mol. The molecule has 2 aromatic carbocycles. The molecule has 4 rings (SSSR count). The lowest BCUT2D eigenvalue weighted by molar-refractivity contribution is -0.118. The second kappa shape index (κ2) is 7.47. The number of fused-ring (bicyclic) bond motifs is 1. The molecule has 1 fully saturated rings. The first-order valence-electron chi connectivity index (χ1n) is 9.06. The van der Waals surface area contributed by atoms with Crippen LogP contribution < -0.4 is 15.6 Å². The van der Waals surface area contributed by atoms with Gasteiger partial charge >= 0.3 is 0 Å². The second-order valence-electron chi connectivity index (χ2n) is 6.29. The van der Waals surface area contributed by atoms with Crippen molar-refractivity contribution in [3.05, 3.63) is 70.3 Å². The van der Waals surface area contributed by atoms with Crippen molar-refractivity contribution in [2.24, 2.45) is 7.05 Å². The third kappa shape index (κ3) is 3.63. The van der Waals surface area contributed by atoms with Gasteiger partial charge < -0.3 is 4.74 Å². The van der Waals surface area contributed by atoms with E-state index in [0.29, 0.717) is 34.2 Å². The standard InChI is InChI=1S/C20H17N3O4S/c1-23-17(21-15-5-3-2-4-14(15)19(23)25)11-27-13-8-6-12(7-9-13)10-16-18(24)22-20(26)28-16/h2-9,16H,10-11H2,1H3,(H,22,24,26)/t16-/m1/s1/i16D. The highest BCUT2D eigenvalue weighted by molar-refractivity contribution is 8.15. The Morgan fingerprint density at radius 1 is 1.18 bits per heavy atom. The van der Waals surface area contributed by atoms with E-state index in [4.69, 9.17) is 6.11 Å². The molecule has 0 bridgehead atoms. The monoisotopic (exact) mass is 396 g/mol. The highest BCUT2D eigenvalue weighted by Gasteiger charge is 2.31. The van der Waals surface area contributed by atoms with Crippen LogP contribution in [0.2, 0.25) is 0 Å². The molecule has 0 radical (unpaired) electrons. The van der Waals surface area contributed by atoms with E-state index in [2.05, 4.69) is 10.3 Å². The van der Waals surface area contributed by atoms with Crippen LogP contribution in [0, 0.1) is 0 Å². The highest BCUT2D eigenvalue weighted by atomic mass is 32.2. The molecule has 1 atom stereocenters. The molecule has 0 unspecified atom stereocenters. The Balaban J connectivity index is 1.47. The Bertz CT molecular complexity index is 1180. The molecule has 2 amide bonds. The van der Waals surface area contributed by atoms with E-state index in [-0.39, 0.29) is 18.6 Å². The molecule has 1 aromatic heterocycles. The van der Waals surface area contributed by atoms with Crippen LogP contribution in [0.25, 0.3) is 10.9 Å². The summed E-state index contributed by atoms with van der Waals surface area (Å²) in [7, 11) is 1.66. The number of hydrogen-bond donors (Lipinski definition) is 1. The van der Waals surface area contributed by atoms with Gasteiger partial charge in [-0.1, -0.05) is 36.0 Å². The van der Waals surface area contributed by atoms with Crippen molar-refractivity contribution < 1.29 is 15.7 Å². The van der Waals surface area contributed by atoms with E-state index in [1.807, 2.05) is 6.07 Å². The lowest BCUT2D eigenvalue weighted by Crippen LogP contribution is -2.25. The number of thioether (sulfide) groups is 1. The Hall–Kier alpha value is -3.13. The summed E-state index contributed by atoms with van der Waals surface area (Å²) in [6, 6.07) is 14.1. The fourth-order valence-electron chi connectivity index (χ4n) is 2.89. The topological polar surface area (TPSA) is 90.3 Å². The van der Waals surface area contributed by atoms with Crippen LogP contribution in [-0.4, -0.2) is 25.9 Å². The van der Waals surface area contributed by atoms with Crippen LogP contribution in [0.4, 0.5) is 4.79 Å². The van der Waals surface area contributed by atoms with E-state index in [0.717, 1.165) is 5.56 Å². The van der Waals surface area contributed by atoms with Gasteiger partial charge in [-0.2, -0.15) is 0 Å². The fraction of sp³-hybridized carbons (Fsp3) is 0.200. The largest absolute Gasteiger partial charge is 0.486 e. The summed E-state index contributed by atoms with van der Waals surface area (Å²) in [6.45, 7) is 0.116. The second-order valence-corrected chi connectivity index (χ2v) is 7.35. The van der Waals surface area contributed by atoms with Crippen LogP contribution in [-0.2, 0) is 24.9 Å². The number of imide groups is 1. The SMILES string of the molecule is [2H][C@]1(Cc2ccc(OCc3nc4ccccc4c(=O)n3C)cc2)SC(=O)NC1=O. The minimum Gasteiger partial charge on any atom is -0.486 e. The zero-order chi connectivity index (χ0) is 20.6. The normalized spacial score (nSPS) is 19.5. The highest BCUT2D eigenvalue weighted by Crippen LogP contribution is 2.24. The maximum Gasteiger partial charge on any atom is 0.286 e. The molecule has 8 heteroatoms. The van der Waals surface area contributed by atoms with Gasteiger partial charge in [0.25, 0.3) is 10.8 Å². The number of benzene rings is 2. The maximum absolute atomic E-state index is 12.4. The molecule has 2 heterocycles. The maximum atomic E-state index is 12.4. The van der Waals surface area contributed by atoms with Crippen LogP contribution in [0.15, 0.2) is 53.3 Å². The van der Waals surface area contributed by atoms with Crippen LogP contribution in [0.1, 0.15) is 12.8 Å². The average Bonchev–Trinajstić information content (AvgIpc) is 2.96. The predicted molar refractivity (Wildman–Crippen MR) is 106 cm³/mol. The van der Waals surface area contributed by atoms with Gasteiger partial charge in [0.15, 0.2) is 0 Å². The number of para-hydroxylation sites is 1. The zero-order valence-corrected chi connectivity index (χ0v) is 15.8. The van der Waals surface area contributed by atoms with Crippen molar-refractivity contribution in [3.8, 4) is 5.75 Å². The van der Waals surface area contributed by atoms with E-state index in [9.17, 15) is 14.4 Å². The number of carbonyl (C=O) groups excluding carboxylic acids is 2. The molecule has 1 saturated heterocycles. The molecule has 0 saturated carbocycles. The van der Waals surface area contributed by atoms with Crippen molar-refractivity contribution in [2.45, 2.75) is 18.3 Å². The van der Waals surface area contributed by atoms with E-state index < -0.39 is 16.4 Å². The van der Waals surface area contributed by atoms with Crippen LogP contribution >= 0.6 is 11.8 Å². The first kappa shape index (κ1) is 17.0. The van der Waals surface area contributed by atoms with Gasteiger partial charge in [-0.05, 0) is 36.2 Å². The summed E-state index contributed by atoms with van der Waals surface area (Å²) >= 11 is 0.682. The minimum absolute atomic E-state index is 0.107. The third-order valence-corrected chi connectivity index (χ3v) is 5.28. The molecule has 1 aliphatic heterocycles. The van der Waals surface area contributed by atoms with Gasteiger partial charge in [-0.15, -0.1) is 0 Å². The van der Waals surface area contributed by atoms with Gasteiger partial charge in [0.1, 0.15) is 18.2 Å². The number of ether oxygens (including phenoxy) is 1. The van der Waals surface area contributed by atoms with E-state index in [1.165, 1.54) is 4.57 Å². The number of hydrogen-bond acceptors (Lipinski definition) is 6. The first-order chi connectivity index (χ1) is 13.9.